The molecule has 0 atom stereocenters. The van der Waals surface area contributed by atoms with Crippen molar-refractivity contribution in [3.63, 3.8) is 0 Å². The van der Waals surface area contributed by atoms with Gasteiger partial charge in [-0.3, -0.25) is 10.1 Å². The maximum atomic E-state index is 12.1. The van der Waals surface area contributed by atoms with Gasteiger partial charge in [-0.25, -0.2) is 0 Å². The highest BCUT2D eigenvalue weighted by Gasteiger charge is 2.12. The summed E-state index contributed by atoms with van der Waals surface area (Å²) < 4.78 is 5.07. The van der Waals surface area contributed by atoms with Crippen LogP contribution in [0.25, 0.3) is 0 Å². The molecule has 1 amide bonds. The smallest absolute Gasteiger partial charge is 0.257 e. The summed E-state index contributed by atoms with van der Waals surface area (Å²) >= 11 is 5.30. The molecule has 0 aliphatic carbocycles. The molecular weight excluding hydrogens is 272 g/mol. The second-order valence-electron chi connectivity index (χ2n) is 4.47. The predicted octanol–water partition coefficient (Wildman–Crippen LogP) is 2.83. The van der Waals surface area contributed by atoms with Crippen LogP contribution in [0.4, 0.5) is 0 Å². The zero-order valence-corrected chi connectivity index (χ0v) is 13.1. The largest absolute Gasteiger partial charge is 0.497 e. The van der Waals surface area contributed by atoms with Gasteiger partial charge in [0.05, 0.1) is 7.11 Å². The van der Waals surface area contributed by atoms with Crippen molar-refractivity contribution < 1.29 is 9.53 Å². The Kier molecular flexibility index (Phi) is 7.01. The third-order valence-electron chi connectivity index (χ3n) is 2.85. The molecule has 110 valence electrons. The van der Waals surface area contributed by atoms with Gasteiger partial charge in [-0.05, 0) is 49.3 Å². The number of thiocarbonyl (C=S) groups is 1. The van der Waals surface area contributed by atoms with Gasteiger partial charge < -0.3 is 9.64 Å². The van der Waals surface area contributed by atoms with E-state index in [0.29, 0.717) is 10.7 Å². The van der Waals surface area contributed by atoms with Crippen LogP contribution in [0.1, 0.15) is 37.0 Å². The van der Waals surface area contributed by atoms with Gasteiger partial charge in [0.1, 0.15) is 5.75 Å². The number of nitrogens with zero attached hydrogens (tertiary/aromatic N) is 1. The maximum Gasteiger partial charge on any atom is 0.257 e. The molecule has 1 aromatic carbocycles. The first-order valence-corrected chi connectivity index (χ1v) is 7.27. The molecule has 0 saturated carbocycles. The summed E-state index contributed by atoms with van der Waals surface area (Å²) in [4.78, 5) is 14.1. The molecule has 0 saturated heterocycles. The second-order valence-corrected chi connectivity index (χ2v) is 4.86. The Labute approximate surface area is 126 Å². The van der Waals surface area contributed by atoms with Crippen LogP contribution in [0.15, 0.2) is 24.3 Å². The van der Waals surface area contributed by atoms with E-state index in [1.54, 1.807) is 31.4 Å². The van der Waals surface area contributed by atoms with Crippen LogP contribution in [-0.2, 0) is 0 Å². The van der Waals surface area contributed by atoms with Gasteiger partial charge in [0.15, 0.2) is 5.11 Å². The van der Waals surface area contributed by atoms with Gasteiger partial charge >= 0.3 is 0 Å². The van der Waals surface area contributed by atoms with Crippen LogP contribution in [0, 0.1) is 0 Å². The Hall–Kier alpha value is -1.62. The fourth-order valence-corrected chi connectivity index (χ4v) is 2.12. The van der Waals surface area contributed by atoms with Crippen molar-refractivity contribution in [3.05, 3.63) is 29.8 Å². The number of hydrogen-bond acceptors (Lipinski definition) is 3. The first kappa shape index (κ1) is 16.4. The van der Waals surface area contributed by atoms with Crippen molar-refractivity contribution in [2.45, 2.75) is 26.7 Å². The number of hydrogen-bond donors (Lipinski definition) is 1. The zero-order valence-electron chi connectivity index (χ0n) is 12.3. The third-order valence-corrected chi connectivity index (χ3v) is 3.21. The molecule has 1 rings (SSSR count). The van der Waals surface area contributed by atoms with E-state index in [1.807, 2.05) is 4.90 Å². The molecule has 0 unspecified atom stereocenters. The lowest BCUT2D eigenvalue weighted by atomic mass is 10.2. The molecule has 5 heteroatoms. The van der Waals surface area contributed by atoms with Crippen LogP contribution < -0.4 is 10.1 Å². The molecule has 0 aromatic heterocycles. The van der Waals surface area contributed by atoms with E-state index in [-0.39, 0.29) is 5.91 Å². The lowest BCUT2D eigenvalue weighted by Gasteiger charge is -2.24. The monoisotopic (exact) mass is 294 g/mol. The molecule has 20 heavy (non-hydrogen) atoms. The van der Waals surface area contributed by atoms with Crippen LogP contribution in [0.5, 0.6) is 5.75 Å². The number of nitrogens with one attached hydrogen (secondary N) is 1. The molecule has 0 heterocycles. The normalized spacial score (nSPS) is 9.95. The zero-order chi connectivity index (χ0) is 15.0. The SMILES string of the molecule is CCCN(CCC)C(=S)NC(=O)c1ccc(OC)cc1. The number of rotatable bonds is 6. The fourth-order valence-electron chi connectivity index (χ4n) is 1.85. The minimum atomic E-state index is -0.185. The Morgan fingerprint density at radius 2 is 1.75 bits per heavy atom. The third kappa shape index (κ3) is 4.81. The van der Waals surface area contributed by atoms with Crippen LogP contribution in [-0.4, -0.2) is 36.1 Å². The maximum absolute atomic E-state index is 12.1. The van der Waals surface area contributed by atoms with Gasteiger partial charge in [-0.15, -0.1) is 0 Å². The van der Waals surface area contributed by atoms with Crippen molar-refractivity contribution in [2.75, 3.05) is 20.2 Å². The number of carbonyl (C=O) groups is 1. The molecule has 0 bridgehead atoms. The average molecular weight is 294 g/mol. The first-order valence-electron chi connectivity index (χ1n) is 6.86. The van der Waals surface area contributed by atoms with Crippen molar-refractivity contribution in [3.8, 4) is 5.75 Å². The van der Waals surface area contributed by atoms with Crippen molar-refractivity contribution in [2.24, 2.45) is 0 Å². The van der Waals surface area contributed by atoms with Crippen molar-refractivity contribution >= 4 is 23.2 Å². The molecule has 0 aliphatic rings. The van der Waals surface area contributed by atoms with Gasteiger partial charge in [0, 0.05) is 18.7 Å². The summed E-state index contributed by atoms with van der Waals surface area (Å²) in [5.41, 5.74) is 0.570. The van der Waals surface area contributed by atoms with Gasteiger partial charge in [0.2, 0.25) is 0 Å². The molecule has 0 aliphatic heterocycles. The van der Waals surface area contributed by atoms with Crippen molar-refractivity contribution in [1.29, 1.82) is 0 Å². The van der Waals surface area contributed by atoms with E-state index in [9.17, 15) is 4.79 Å². The van der Waals surface area contributed by atoms with E-state index in [1.165, 1.54) is 0 Å². The number of methoxy groups -OCH3 is 1. The highest BCUT2D eigenvalue weighted by molar-refractivity contribution is 7.80. The van der Waals surface area contributed by atoms with E-state index in [4.69, 9.17) is 17.0 Å². The van der Waals surface area contributed by atoms with E-state index < -0.39 is 0 Å². The fraction of sp³-hybridized carbons (Fsp3) is 0.467. The van der Waals surface area contributed by atoms with E-state index in [0.717, 1.165) is 31.7 Å². The topological polar surface area (TPSA) is 41.6 Å². The number of carbonyl (C=O) groups excluding carboxylic acids is 1. The lowest BCUT2D eigenvalue weighted by Crippen LogP contribution is -2.43. The minimum Gasteiger partial charge on any atom is -0.497 e. The summed E-state index contributed by atoms with van der Waals surface area (Å²) in [6.07, 6.45) is 2.00. The first-order chi connectivity index (χ1) is 9.62. The summed E-state index contributed by atoms with van der Waals surface area (Å²) in [7, 11) is 1.59. The Morgan fingerprint density at radius 1 is 1.20 bits per heavy atom. The van der Waals surface area contributed by atoms with Crippen LogP contribution in [0.3, 0.4) is 0 Å². The number of amides is 1. The van der Waals surface area contributed by atoms with E-state index >= 15 is 0 Å². The predicted molar refractivity (Wildman–Crippen MR) is 85.2 cm³/mol. The standard InChI is InChI=1S/C15H22N2O2S/c1-4-10-17(11-5-2)15(20)16-14(18)12-6-8-13(19-3)9-7-12/h6-9H,4-5,10-11H2,1-3H3,(H,16,18,20). The Bertz CT molecular complexity index is 440. The summed E-state index contributed by atoms with van der Waals surface area (Å²) in [6.45, 7) is 5.90. The summed E-state index contributed by atoms with van der Waals surface area (Å²) in [5.74, 6) is 0.539. The van der Waals surface area contributed by atoms with Gasteiger partial charge in [-0.1, -0.05) is 13.8 Å². The van der Waals surface area contributed by atoms with Crippen LogP contribution in [0.2, 0.25) is 0 Å². The number of benzene rings is 1. The molecule has 4 nitrogen and oxygen atoms in total. The van der Waals surface area contributed by atoms with E-state index in [2.05, 4.69) is 19.2 Å². The average Bonchev–Trinajstić information content (AvgIpc) is 2.47. The highest BCUT2D eigenvalue weighted by Crippen LogP contribution is 2.11. The molecule has 1 aromatic rings. The minimum absolute atomic E-state index is 0.185. The molecule has 1 N–H and O–H groups in total. The molecule has 0 fully saturated rings. The summed E-state index contributed by atoms with van der Waals surface area (Å²) in [6, 6.07) is 6.96. The summed E-state index contributed by atoms with van der Waals surface area (Å²) in [5, 5.41) is 3.28. The second kappa shape index (κ2) is 8.53. The molecule has 0 spiro atoms. The van der Waals surface area contributed by atoms with Gasteiger partial charge in [-0.2, -0.15) is 0 Å². The lowest BCUT2D eigenvalue weighted by molar-refractivity contribution is 0.0973. The van der Waals surface area contributed by atoms with Crippen molar-refractivity contribution in [1.82, 2.24) is 10.2 Å². The molecule has 0 radical (unpaired) electrons. The molecular formula is C15H22N2O2S. The Balaban J connectivity index is 2.65. The number of ether oxygens (including phenoxy) is 1. The Morgan fingerprint density at radius 3 is 2.20 bits per heavy atom. The highest BCUT2D eigenvalue weighted by atomic mass is 32.1. The van der Waals surface area contributed by atoms with Crippen LogP contribution >= 0.6 is 12.2 Å². The van der Waals surface area contributed by atoms with Gasteiger partial charge in [0.25, 0.3) is 5.91 Å². The quantitative estimate of drug-likeness (QED) is 0.819.